The molecular formula is C30H58NO6+. The van der Waals surface area contributed by atoms with E-state index < -0.39 is 35.7 Å². The summed E-state index contributed by atoms with van der Waals surface area (Å²) in [4.78, 5) is 34.8. The normalized spacial score (nSPS) is 15.6. The molecule has 3 N–H and O–H groups in total. The summed E-state index contributed by atoms with van der Waals surface area (Å²) in [6.45, 7) is 8.51. The average molecular weight is 529 g/mol. The first-order chi connectivity index (χ1) is 17.5. The van der Waals surface area contributed by atoms with Crippen LogP contribution in [0.2, 0.25) is 0 Å². The molecule has 0 aromatic carbocycles. The zero-order valence-corrected chi connectivity index (χ0v) is 24.4. The summed E-state index contributed by atoms with van der Waals surface area (Å²) in [6.07, 6.45) is 20.2. The smallest absolute Gasteiger partial charge is 0.311 e. The number of carboxylic acid groups (broad SMARTS) is 3. The number of hydrogen-bond acceptors (Lipinski definition) is 3. The maximum atomic E-state index is 11.6. The van der Waals surface area contributed by atoms with Gasteiger partial charge in [-0.3, -0.25) is 14.4 Å². The van der Waals surface area contributed by atoms with Crippen molar-refractivity contribution in [3.63, 3.8) is 0 Å². The van der Waals surface area contributed by atoms with E-state index in [1.54, 1.807) is 20.8 Å². The second-order valence-electron chi connectivity index (χ2n) is 11.6. The molecule has 0 aliphatic rings. The van der Waals surface area contributed by atoms with Gasteiger partial charge in [0.2, 0.25) is 0 Å². The largest absolute Gasteiger partial charge is 0.481 e. The van der Waals surface area contributed by atoms with Gasteiger partial charge in [-0.2, -0.15) is 0 Å². The highest BCUT2D eigenvalue weighted by molar-refractivity contribution is 5.70. The maximum absolute atomic E-state index is 11.6. The summed E-state index contributed by atoms with van der Waals surface area (Å²) in [5.41, 5.74) is 0. The molecule has 0 aromatic heterocycles. The molecule has 0 aliphatic carbocycles. The van der Waals surface area contributed by atoms with Gasteiger partial charge in [0.25, 0.3) is 0 Å². The van der Waals surface area contributed by atoms with Crippen molar-refractivity contribution >= 4 is 17.9 Å². The van der Waals surface area contributed by atoms with Gasteiger partial charge in [0.15, 0.2) is 0 Å². The summed E-state index contributed by atoms with van der Waals surface area (Å²) >= 11 is 0. The molecule has 7 heteroatoms. The molecule has 0 radical (unpaired) electrons. The molecule has 0 bridgehead atoms. The first-order valence-electron chi connectivity index (χ1n) is 15.1. The van der Waals surface area contributed by atoms with Gasteiger partial charge < -0.3 is 19.8 Å². The van der Waals surface area contributed by atoms with Crippen LogP contribution in [0.1, 0.15) is 130 Å². The van der Waals surface area contributed by atoms with Crippen molar-refractivity contribution in [3.05, 3.63) is 0 Å². The van der Waals surface area contributed by atoms with Crippen LogP contribution in [0.4, 0.5) is 0 Å². The summed E-state index contributed by atoms with van der Waals surface area (Å²) in [5, 5.41) is 28.5. The standard InChI is InChI=1S/C30H57NO6/c1-5-6-7-8-9-10-11-12-13-14-15-16-17-18-19-20-21-31(22-25(2)28(32)33,23-26(3)29(34)35)24-27(4)30(36)37/h25-27H,5-24H2,1-4H3,(H2-,32,33,34,35,36,37)/p+1. The van der Waals surface area contributed by atoms with E-state index in [4.69, 9.17) is 0 Å². The van der Waals surface area contributed by atoms with E-state index in [9.17, 15) is 29.7 Å². The number of aliphatic carboxylic acids is 3. The lowest BCUT2D eigenvalue weighted by Crippen LogP contribution is -2.57. The van der Waals surface area contributed by atoms with Crippen LogP contribution < -0.4 is 0 Å². The predicted molar refractivity (Wildman–Crippen MR) is 150 cm³/mol. The molecule has 0 rings (SSSR count). The topological polar surface area (TPSA) is 112 Å². The van der Waals surface area contributed by atoms with E-state index in [1.807, 2.05) is 0 Å². The second kappa shape index (κ2) is 21.3. The van der Waals surface area contributed by atoms with Crippen molar-refractivity contribution in [2.75, 3.05) is 26.2 Å². The number of carbonyl (C=O) groups is 3. The van der Waals surface area contributed by atoms with Crippen molar-refractivity contribution in [1.82, 2.24) is 0 Å². The molecule has 0 aromatic rings. The second-order valence-corrected chi connectivity index (χ2v) is 11.6. The van der Waals surface area contributed by atoms with Crippen LogP contribution in [0.3, 0.4) is 0 Å². The van der Waals surface area contributed by atoms with E-state index in [1.165, 1.54) is 83.5 Å². The summed E-state index contributed by atoms with van der Waals surface area (Å²) < 4.78 is 0.229. The zero-order chi connectivity index (χ0) is 28.1. The average Bonchev–Trinajstić information content (AvgIpc) is 2.83. The van der Waals surface area contributed by atoms with Crippen LogP contribution in [-0.2, 0) is 14.4 Å². The highest BCUT2D eigenvalue weighted by Gasteiger charge is 2.38. The number of quaternary nitrogens is 1. The molecule has 3 unspecified atom stereocenters. The van der Waals surface area contributed by atoms with Crippen LogP contribution in [0.15, 0.2) is 0 Å². The number of hydrogen-bond donors (Lipinski definition) is 3. The minimum absolute atomic E-state index is 0.229. The SMILES string of the molecule is CCCCCCCCCCCCCCCCCC[N+](CC(C)C(=O)O)(CC(C)C(=O)O)CC(C)C(=O)O. The van der Waals surface area contributed by atoms with Crippen LogP contribution >= 0.6 is 0 Å². The first-order valence-corrected chi connectivity index (χ1v) is 15.1. The molecule has 0 saturated carbocycles. The molecule has 7 nitrogen and oxygen atoms in total. The molecule has 0 spiro atoms. The number of carboxylic acids is 3. The van der Waals surface area contributed by atoms with E-state index in [0.717, 1.165) is 19.3 Å². The van der Waals surface area contributed by atoms with Gasteiger partial charge in [0.1, 0.15) is 17.8 Å². The Morgan fingerprint density at radius 2 is 0.730 bits per heavy atom. The number of unbranched alkanes of at least 4 members (excludes halogenated alkanes) is 15. The van der Waals surface area contributed by atoms with Crippen LogP contribution in [0, 0.1) is 17.8 Å². The Morgan fingerprint density at radius 1 is 0.486 bits per heavy atom. The van der Waals surface area contributed by atoms with E-state index >= 15 is 0 Å². The maximum Gasteiger partial charge on any atom is 0.311 e. The van der Waals surface area contributed by atoms with Crippen LogP contribution in [0.25, 0.3) is 0 Å². The quantitative estimate of drug-likeness (QED) is 0.0806. The Labute approximate surface area is 226 Å². The Balaban J connectivity index is 4.45. The van der Waals surface area contributed by atoms with Gasteiger partial charge in [-0.05, 0) is 33.6 Å². The molecule has 0 heterocycles. The third-order valence-electron chi connectivity index (χ3n) is 7.73. The number of rotatable bonds is 26. The molecular weight excluding hydrogens is 470 g/mol. The lowest BCUT2D eigenvalue weighted by atomic mass is 10.00. The summed E-state index contributed by atoms with van der Waals surface area (Å²) in [7, 11) is 0. The van der Waals surface area contributed by atoms with Gasteiger partial charge in [-0.15, -0.1) is 0 Å². The van der Waals surface area contributed by atoms with Crippen molar-refractivity contribution in [2.24, 2.45) is 17.8 Å². The molecule has 37 heavy (non-hydrogen) atoms. The zero-order valence-electron chi connectivity index (χ0n) is 24.4. The van der Waals surface area contributed by atoms with Crippen molar-refractivity contribution < 1.29 is 34.2 Å². The van der Waals surface area contributed by atoms with Crippen LogP contribution in [0.5, 0.6) is 0 Å². The molecule has 0 amide bonds. The third kappa shape index (κ3) is 18.3. The fraction of sp³-hybridized carbons (Fsp3) is 0.900. The lowest BCUT2D eigenvalue weighted by Gasteiger charge is -2.42. The fourth-order valence-corrected chi connectivity index (χ4v) is 5.47. The summed E-state index contributed by atoms with van der Waals surface area (Å²) in [6, 6.07) is 0. The number of nitrogens with zero attached hydrogens (tertiary/aromatic N) is 1. The van der Waals surface area contributed by atoms with Gasteiger partial charge >= 0.3 is 17.9 Å². The molecule has 0 saturated heterocycles. The predicted octanol–water partition coefficient (Wildman–Crippen LogP) is 7.23. The lowest BCUT2D eigenvalue weighted by molar-refractivity contribution is -0.934. The van der Waals surface area contributed by atoms with E-state index in [2.05, 4.69) is 6.92 Å². The van der Waals surface area contributed by atoms with E-state index in [0.29, 0.717) is 6.54 Å². The molecule has 0 aliphatic heterocycles. The van der Waals surface area contributed by atoms with Gasteiger partial charge in [0.05, 0.1) is 26.2 Å². The fourth-order valence-electron chi connectivity index (χ4n) is 5.47. The Bertz CT molecular complexity index is 568. The van der Waals surface area contributed by atoms with Crippen molar-refractivity contribution in [1.29, 1.82) is 0 Å². The van der Waals surface area contributed by atoms with Gasteiger partial charge in [-0.1, -0.05) is 96.8 Å². The Kier molecular flexibility index (Phi) is 20.4. The van der Waals surface area contributed by atoms with Crippen molar-refractivity contribution in [2.45, 2.75) is 130 Å². The van der Waals surface area contributed by atoms with Crippen molar-refractivity contribution in [3.8, 4) is 0 Å². The molecule has 218 valence electrons. The monoisotopic (exact) mass is 528 g/mol. The van der Waals surface area contributed by atoms with Crippen LogP contribution in [-0.4, -0.2) is 63.9 Å². The Morgan fingerprint density at radius 3 is 0.973 bits per heavy atom. The Hall–Kier alpha value is -1.63. The summed E-state index contributed by atoms with van der Waals surface area (Å²) in [5.74, 6) is -4.78. The van der Waals surface area contributed by atoms with Gasteiger partial charge in [0, 0.05) is 0 Å². The highest BCUT2D eigenvalue weighted by atomic mass is 16.4. The van der Waals surface area contributed by atoms with Gasteiger partial charge in [-0.25, -0.2) is 0 Å². The highest BCUT2D eigenvalue weighted by Crippen LogP contribution is 2.22. The van der Waals surface area contributed by atoms with E-state index in [-0.39, 0.29) is 24.1 Å². The minimum atomic E-state index is -0.930. The molecule has 0 fully saturated rings. The minimum Gasteiger partial charge on any atom is -0.481 e. The molecule has 3 atom stereocenters. The third-order valence-corrected chi connectivity index (χ3v) is 7.73. The first kappa shape index (κ1) is 35.4.